The molecule has 0 spiro atoms. The summed E-state index contributed by atoms with van der Waals surface area (Å²) in [6.07, 6.45) is 2.14. The SMILES string of the molecule is CSc1ccc(/N=N/C(=O)N[C@@H](Cc2ccccc2)C(=O)O)cc1. The zero-order chi connectivity index (χ0) is 17.4. The first-order valence-corrected chi connectivity index (χ1v) is 8.44. The van der Waals surface area contributed by atoms with Crippen LogP contribution in [0.1, 0.15) is 5.56 Å². The topological polar surface area (TPSA) is 91.1 Å². The lowest BCUT2D eigenvalue weighted by Gasteiger charge is -2.12. The Morgan fingerprint density at radius 1 is 1.12 bits per heavy atom. The second kappa shape index (κ2) is 8.83. The fourth-order valence-corrected chi connectivity index (χ4v) is 2.39. The fraction of sp³-hybridized carbons (Fsp3) is 0.176. The summed E-state index contributed by atoms with van der Waals surface area (Å²) in [4.78, 5) is 24.2. The van der Waals surface area contributed by atoms with Gasteiger partial charge in [0, 0.05) is 11.3 Å². The number of aliphatic carboxylic acids is 1. The summed E-state index contributed by atoms with van der Waals surface area (Å²) in [7, 11) is 0. The first-order valence-electron chi connectivity index (χ1n) is 7.21. The van der Waals surface area contributed by atoms with Crippen molar-refractivity contribution < 1.29 is 14.7 Å². The van der Waals surface area contributed by atoms with Crippen molar-refractivity contribution in [3.05, 3.63) is 60.2 Å². The van der Waals surface area contributed by atoms with Crippen LogP contribution in [-0.4, -0.2) is 29.4 Å². The molecule has 24 heavy (non-hydrogen) atoms. The molecule has 6 nitrogen and oxygen atoms in total. The van der Waals surface area contributed by atoms with Crippen molar-refractivity contribution in [2.75, 3.05) is 6.26 Å². The van der Waals surface area contributed by atoms with E-state index in [0.717, 1.165) is 10.5 Å². The first-order chi connectivity index (χ1) is 11.6. The number of urea groups is 1. The van der Waals surface area contributed by atoms with Crippen LogP contribution in [0.15, 0.2) is 69.7 Å². The van der Waals surface area contributed by atoms with Gasteiger partial charge in [0.15, 0.2) is 0 Å². The van der Waals surface area contributed by atoms with Crippen LogP contribution in [0, 0.1) is 0 Å². The quantitative estimate of drug-likeness (QED) is 0.615. The molecule has 0 saturated heterocycles. The van der Waals surface area contributed by atoms with Gasteiger partial charge in [0.25, 0.3) is 0 Å². The molecule has 0 heterocycles. The molecule has 0 aliphatic carbocycles. The molecule has 2 N–H and O–H groups in total. The molecule has 1 atom stereocenters. The number of nitrogens with zero attached hydrogens (tertiary/aromatic N) is 2. The lowest BCUT2D eigenvalue weighted by molar-refractivity contribution is -0.139. The van der Waals surface area contributed by atoms with Crippen LogP contribution in [0.2, 0.25) is 0 Å². The lowest BCUT2D eigenvalue weighted by atomic mass is 10.1. The Bertz CT molecular complexity index is 718. The van der Waals surface area contributed by atoms with Gasteiger partial charge in [-0.3, -0.25) is 0 Å². The number of hydrogen-bond donors (Lipinski definition) is 2. The monoisotopic (exact) mass is 343 g/mol. The van der Waals surface area contributed by atoms with Crippen LogP contribution in [0.25, 0.3) is 0 Å². The van der Waals surface area contributed by atoms with Gasteiger partial charge in [-0.25, -0.2) is 9.59 Å². The van der Waals surface area contributed by atoms with Gasteiger partial charge >= 0.3 is 12.0 Å². The van der Waals surface area contributed by atoms with E-state index in [1.165, 1.54) is 0 Å². The second-order valence-electron chi connectivity index (χ2n) is 4.93. The lowest BCUT2D eigenvalue weighted by Crippen LogP contribution is -2.40. The van der Waals surface area contributed by atoms with Crippen LogP contribution >= 0.6 is 11.8 Å². The van der Waals surface area contributed by atoms with Gasteiger partial charge in [-0.2, -0.15) is 0 Å². The zero-order valence-electron chi connectivity index (χ0n) is 13.0. The van der Waals surface area contributed by atoms with Gasteiger partial charge in [0.1, 0.15) is 6.04 Å². The molecule has 0 saturated carbocycles. The summed E-state index contributed by atoms with van der Waals surface area (Å²) in [5.74, 6) is -1.12. The molecule has 0 radical (unpaired) electrons. The molecule has 0 bridgehead atoms. The fourth-order valence-electron chi connectivity index (χ4n) is 1.98. The third-order valence-electron chi connectivity index (χ3n) is 3.21. The average molecular weight is 343 g/mol. The van der Waals surface area contributed by atoms with Gasteiger partial charge in [-0.1, -0.05) is 35.4 Å². The highest BCUT2D eigenvalue weighted by Crippen LogP contribution is 2.19. The Hall–Kier alpha value is -2.67. The number of carboxylic acid groups (broad SMARTS) is 1. The number of thioether (sulfide) groups is 1. The summed E-state index contributed by atoms with van der Waals surface area (Å²) in [6, 6.07) is 14.4. The number of azo groups is 1. The third kappa shape index (κ3) is 5.51. The van der Waals surface area contributed by atoms with Crippen LogP contribution in [0.4, 0.5) is 10.5 Å². The Labute approximate surface area is 144 Å². The second-order valence-corrected chi connectivity index (χ2v) is 5.81. The van der Waals surface area contributed by atoms with E-state index in [1.807, 2.05) is 36.6 Å². The Morgan fingerprint density at radius 3 is 2.38 bits per heavy atom. The van der Waals surface area contributed by atoms with Crippen molar-refractivity contribution in [3.63, 3.8) is 0 Å². The predicted molar refractivity (Wildman–Crippen MR) is 92.8 cm³/mol. The van der Waals surface area contributed by atoms with Crippen LogP contribution < -0.4 is 5.32 Å². The van der Waals surface area contributed by atoms with E-state index in [0.29, 0.717) is 5.69 Å². The maximum atomic E-state index is 11.8. The molecular formula is C17H17N3O3S. The standard InChI is InChI=1S/C17H17N3O3S/c1-24-14-9-7-13(8-10-14)19-20-17(23)18-15(16(21)22)11-12-5-3-2-4-6-12/h2-10,15H,11H2,1H3,(H,18,23)(H,21,22)/b20-19+/t15-/m0/s1. The van der Waals surface area contributed by atoms with Crippen molar-refractivity contribution in [1.82, 2.24) is 5.32 Å². The van der Waals surface area contributed by atoms with Gasteiger partial charge in [0.05, 0.1) is 5.69 Å². The number of carboxylic acids is 1. The molecule has 0 fully saturated rings. The third-order valence-corrected chi connectivity index (χ3v) is 3.95. The van der Waals surface area contributed by atoms with Gasteiger partial charge in [0.2, 0.25) is 0 Å². The molecule has 124 valence electrons. The minimum Gasteiger partial charge on any atom is -0.480 e. The van der Waals surface area contributed by atoms with E-state index < -0.39 is 18.0 Å². The average Bonchev–Trinajstić information content (AvgIpc) is 2.60. The van der Waals surface area contributed by atoms with Crippen LogP contribution in [-0.2, 0) is 11.2 Å². The van der Waals surface area contributed by atoms with E-state index in [2.05, 4.69) is 15.5 Å². The Kier molecular flexibility index (Phi) is 6.51. The smallest absolute Gasteiger partial charge is 0.360 e. The van der Waals surface area contributed by atoms with Gasteiger partial charge in [-0.15, -0.1) is 16.9 Å². The summed E-state index contributed by atoms with van der Waals surface area (Å²) >= 11 is 1.60. The summed E-state index contributed by atoms with van der Waals surface area (Å²) < 4.78 is 0. The normalized spacial score (nSPS) is 12.0. The minimum absolute atomic E-state index is 0.180. The van der Waals surface area contributed by atoms with E-state index in [4.69, 9.17) is 0 Å². The molecule has 2 amide bonds. The van der Waals surface area contributed by atoms with E-state index in [-0.39, 0.29) is 6.42 Å². The molecule has 0 unspecified atom stereocenters. The molecule has 2 aromatic carbocycles. The van der Waals surface area contributed by atoms with E-state index in [9.17, 15) is 14.7 Å². The largest absolute Gasteiger partial charge is 0.480 e. The van der Waals surface area contributed by atoms with Crippen molar-refractivity contribution >= 4 is 29.4 Å². The summed E-state index contributed by atoms with van der Waals surface area (Å²) in [5.41, 5.74) is 1.34. The molecule has 7 heteroatoms. The molecule has 0 aliphatic heterocycles. The highest BCUT2D eigenvalue weighted by atomic mass is 32.2. The number of carbonyl (C=O) groups is 2. The highest BCUT2D eigenvalue weighted by Gasteiger charge is 2.20. The Balaban J connectivity index is 1.97. The molecular weight excluding hydrogens is 326 g/mol. The molecule has 0 aliphatic rings. The molecule has 0 aromatic heterocycles. The minimum atomic E-state index is -1.12. The number of carbonyl (C=O) groups excluding carboxylic acids is 1. The summed E-state index contributed by atoms with van der Waals surface area (Å²) in [6.45, 7) is 0. The maximum absolute atomic E-state index is 11.8. The van der Waals surface area contributed by atoms with Gasteiger partial charge < -0.3 is 10.4 Å². The molecule has 2 rings (SSSR count). The first kappa shape index (κ1) is 17.7. The van der Waals surface area contributed by atoms with E-state index >= 15 is 0 Å². The van der Waals surface area contributed by atoms with Crippen LogP contribution in [0.5, 0.6) is 0 Å². The van der Waals surface area contributed by atoms with Crippen molar-refractivity contribution in [3.8, 4) is 0 Å². The van der Waals surface area contributed by atoms with Gasteiger partial charge in [-0.05, 0) is 36.1 Å². The Morgan fingerprint density at radius 2 is 1.79 bits per heavy atom. The van der Waals surface area contributed by atoms with Crippen LogP contribution in [0.3, 0.4) is 0 Å². The number of rotatable bonds is 6. The number of benzene rings is 2. The number of nitrogens with one attached hydrogen (secondary N) is 1. The maximum Gasteiger partial charge on any atom is 0.360 e. The highest BCUT2D eigenvalue weighted by molar-refractivity contribution is 7.98. The number of amides is 2. The van der Waals surface area contributed by atoms with Crippen molar-refractivity contribution in [2.24, 2.45) is 10.2 Å². The van der Waals surface area contributed by atoms with Crippen molar-refractivity contribution in [2.45, 2.75) is 17.4 Å². The molecule has 2 aromatic rings. The van der Waals surface area contributed by atoms with E-state index in [1.54, 1.807) is 36.0 Å². The predicted octanol–water partition coefficient (Wildman–Crippen LogP) is 3.90. The zero-order valence-corrected chi connectivity index (χ0v) is 13.9. The van der Waals surface area contributed by atoms with Crippen molar-refractivity contribution in [1.29, 1.82) is 0 Å². The number of hydrogen-bond acceptors (Lipinski definition) is 4. The summed E-state index contributed by atoms with van der Waals surface area (Å²) in [5, 5.41) is 18.9.